The Morgan fingerprint density at radius 3 is 2.48 bits per heavy atom. The van der Waals surface area contributed by atoms with Gasteiger partial charge in [0.2, 0.25) is 0 Å². The smallest absolute Gasteiger partial charge is 0.0449 e. The number of hydrogen-bond donors (Lipinski definition) is 1. The van der Waals surface area contributed by atoms with E-state index in [1.54, 1.807) is 0 Å². The lowest BCUT2D eigenvalue weighted by Gasteiger charge is -2.19. The predicted octanol–water partition coefficient (Wildman–Crippen LogP) is 5.03. The van der Waals surface area contributed by atoms with Crippen LogP contribution in [0.2, 0.25) is 5.02 Å². The molecule has 1 N–H and O–H groups in total. The average Bonchev–Trinajstić information content (AvgIpc) is 2.44. The molecule has 0 aliphatic carbocycles. The average molecular weight is 367 g/mol. The van der Waals surface area contributed by atoms with Crippen molar-refractivity contribution in [3.05, 3.63) is 68.7 Å². The van der Waals surface area contributed by atoms with Gasteiger partial charge >= 0.3 is 0 Å². The molecule has 21 heavy (non-hydrogen) atoms. The van der Waals surface area contributed by atoms with E-state index in [1.165, 1.54) is 16.7 Å². The van der Waals surface area contributed by atoms with E-state index in [1.807, 2.05) is 13.1 Å². The van der Waals surface area contributed by atoms with Gasteiger partial charge in [-0.2, -0.15) is 0 Å². The van der Waals surface area contributed by atoms with Gasteiger partial charge in [-0.15, -0.1) is 0 Å². The van der Waals surface area contributed by atoms with E-state index in [-0.39, 0.29) is 0 Å². The van der Waals surface area contributed by atoms with E-state index in [0.717, 1.165) is 28.9 Å². The van der Waals surface area contributed by atoms with Crippen molar-refractivity contribution < 1.29 is 0 Å². The van der Waals surface area contributed by atoms with Crippen molar-refractivity contribution in [3.8, 4) is 0 Å². The van der Waals surface area contributed by atoms with Gasteiger partial charge in [0.15, 0.2) is 0 Å². The Bertz CT molecular complexity index is 598. The second-order valence-electron chi connectivity index (χ2n) is 5.49. The molecule has 112 valence electrons. The first-order chi connectivity index (χ1) is 10.1. The van der Waals surface area contributed by atoms with Crippen LogP contribution in [0.25, 0.3) is 0 Å². The molecule has 0 bridgehead atoms. The van der Waals surface area contributed by atoms with Crippen molar-refractivity contribution in [2.75, 3.05) is 13.6 Å². The summed E-state index contributed by atoms with van der Waals surface area (Å²) in [7, 11) is 2.01. The Labute approximate surface area is 140 Å². The molecule has 0 aliphatic heterocycles. The van der Waals surface area contributed by atoms with E-state index < -0.39 is 0 Å². The molecule has 0 amide bonds. The van der Waals surface area contributed by atoms with Gasteiger partial charge in [0.1, 0.15) is 0 Å². The molecule has 2 aromatic carbocycles. The first-order valence-corrected chi connectivity index (χ1v) is 8.40. The van der Waals surface area contributed by atoms with E-state index in [9.17, 15) is 0 Å². The minimum Gasteiger partial charge on any atom is -0.319 e. The summed E-state index contributed by atoms with van der Waals surface area (Å²) in [5.74, 6) is 0.537. The van der Waals surface area contributed by atoms with Crippen molar-refractivity contribution in [3.63, 3.8) is 0 Å². The van der Waals surface area contributed by atoms with Crippen molar-refractivity contribution in [1.29, 1.82) is 0 Å². The monoisotopic (exact) mass is 365 g/mol. The van der Waals surface area contributed by atoms with Gasteiger partial charge in [-0.1, -0.05) is 57.9 Å². The van der Waals surface area contributed by atoms with Gasteiger partial charge in [0, 0.05) is 9.50 Å². The quantitative estimate of drug-likeness (QED) is 0.756. The highest BCUT2D eigenvalue weighted by atomic mass is 79.9. The normalized spacial score (nSPS) is 12.4. The molecule has 3 heteroatoms. The molecule has 1 atom stereocenters. The molecule has 0 heterocycles. The summed E-state index contributed by atoms with van der Waals surface area (Å²) < 4.78 is 1.03. The second-order valence-corrected chi connectivity index (χ2v) is 6.82. The van der Waals surface area contributed by atoms with Gasteiger partial charge < -0.3 is 5.32 Å². The maximum Gasteiger partial charge on any atom is 0.0449 e. The lowest BCUT2D eigenvalue weighted by Crippen LogP contribution is -2.23. The largest absolute Gasteiger partial charge is 0.319 e. The van der Waals surface area contributed by atoms with Crippen molar-refractivity contribution in [1.82, 2.24) is 5.32 Å². The summed E-state index contributed by atoms with van der Waals surface area (Å²) in [5, 5.41) is 4.15. The highest BCUT2D eigenvalue weighted by Crippen LogP contribution is 2.25. The molecule has 0 saturated carbocycles. The van der Waals surface area contributed by atoms with Crippen LogP contribution in [-0.2, 0) is 12.8 Å². The lowest BCUT2D eigenvalue weighted by atomic mass is 9.90. The molecule has 1 unspecified atom stereocenters. The first kappa shape index (κ1) is 16.5. The van der Waals surface area contributed by atoms with E-state index in [0.29, 0.717) is 5.92 Å². The zero-order valence-electron chi connectivity index (χ0n) is 12.5. The molecule has 1 nitrogen and oxygen atoms in total. The van der Waals surface area contributed by atoms with E-state index in [2.05, 4.69) is 64.6 Å². The van der Waals surface area contributed by atoms with Crippen LogP contribution in [0.4, 0.5) is 0 Å². The Balaban J connectivity index is 2.14. The number of halogens is 2. The summed E-state index contributed by atoms with van der Waals surface area (Å²) in [6.45, 7) is 3.17. The molecule has 0 aliphatic rings. The summed E-state index contributed by atoms with van der Waals surface area (Å²) in [5.41, 5.74) is 4.00. The maximum absolute atomic E-state index is 6.36. The summed E-state index contributed by atoms with van der Waals surface area (Å²) in [6, 6.07) is 14.8. The van der Waals surface area contributed by atoms with Gasteiger partial charge in [0.25, 0.3) is 0 Å². The van der Waals surface area contributed by atoms with Crippen LogP contribution in [0.1, 0.15) is 16.7 Å². The van der Waals surface area contributed by atoms with Crippen LogP contribution < -0.4 is 5.32 Å². The standard InChI is InChI=1S/C18H21BrClN/c1-13-5-3-4-6-15(13)9-14(12-21-2)10-16-7-8-17(19)11-18(16)20/h3-8,11,14,21H,9-10,12H2,1-2H3. The van der Waals surface area contributed by atoms with Gasteiger partial charge in [-0.3, -0.25) is 0 Å². The van der Waals surface area contributed by atoms with Crippen LogP contribution in [0.15, 0.2) is 46.9 Å². The fourth-order valence-corrected chi connectivity index (χ4v) is 3.40. The number of benzene rings is 2. The Kier molecular flexibility index (Phi) is 6.28. The third-order valence-corrected chi connectivity index (χ3v) is 4.63. The van der Waals surface area contributed by atoms with Gasteiger partial charge in [-0.25, -0.2) is 0 Å². The number of nitrogens with one attached hydrogen (secondary N) is 1. The van der Waals surface area contributed by atoms with Crippen LogP contribution in [0, 0.1) is 12.8 Å². The highest BCUT2D eigenvalue weighted by Gasteiger charge is 2.13. The number of rotatable bonds is 6. The summed E-state index contributed by atoms with van der Waals surface area (Å²) in [4.78, 5) is 0. The Hall–Kier alpha value is -0.830. The molecule has 0 saturated heterocycles. The molecular formula is C18H21BrClN. The first-order valence-electron chi connectivity index (χ1n) is 7.23. The third kappa shape index (κ3) is 4.84. The van der Waals surface area contributed by atoms with Gasteiger partial charge in [-0.05, 0) is 68.1 Å². The highest BCUT2D eigenvalue weighted by molar-refractivity contribution is 9.10. The predicted molar refractivity (Wildman–Crippen MR) is 95.2 cm³/mol. The maximum atomic E-state index is 6.36. The zero-order valence-corrected chi connectivity index (χ0v) is 14.8. The zero-order chi connectivity index (χ0) is 15.2. The van der Waals surface area contributed by atoms with Crippen LogP contribution in [-0.4, -0.2) is 13.6 Å². The number of hydrogen-bond acceptors (Lipinski definition) is 1. The lowest BCUT2D eigenvalue weighted by molar-refractivity contribution is 0.492. The van der Waals surface area contributed by atoms with Gasteiger partial charge in [0.05, 0.1) is 0 Å². The van der Waals surface area contributed by atoms with E-state index >= 15 is 0 Å². The molecule has 2 rings (SSSR count). The Morgan fingerprint density at radius 2 is 1.81 bits per heavy atom. The number of aryl methyl sites for hydroxylation is 1. The second kappa shape index (κ2) is 7.98. The topological polar surface area (TPSA) is 12.0 Å². The minimum atomic E-state index is 0.537. The fraction of sp³-hybridized carbons (Fsp3) is 0.333. The molecule has 0 aromatic heterocycles. The van der Waals surface area contributed by atoms with Crippen molar-refractivity contribution >= 4 is 27.5 Å². The van der Waals surface area contributed by atoms with Crippen LogP contribution in [0.5, 0.6) is 0 Å². The molecule has 2 aromatic rings. The fourth-order valence-electron chi connectivity index (χ4n) is 2.65. The molecular weight excluding hydrogens is 346 g/mol. The summed E-state index contributed by atoms with van der Waals surface area (Å²) in [6.07, 6.45) is 2.06. The van der Waals surface area contributed by atoms with Crippen molar-refractivity contribution in [2.45, 2.75) is 19.8 Å². The van der Waals surface area contributed by atoms with Crippen molar-refractivity contribution in [2.24, 2.45) is 5.92 Å². The molecule has 0 radical (unpaired) electrons. The van der Waals surface area contributed by atoms with Crippen LogP contribution in [0.3, 0.4) is 0 Å². The summed E-state index contributed by atoms with van der Waals surface area (Å²) >= 11 is 9.82. The SMILES string of the molecule is CNCC(Cc1ccccc1C)Cc1ccc(Br)cc1Cl. The van der Waals surface area contributed by atoms with Crippen LogP contribution >= 0.6 is 27.5 Å². The third-order valence-electron chi connectivity index (χ3n) is 3.79. The molecule has 0 fully saturated rings. The van der Waals surface area contributed by atoms with E-state index in [4.69, 9.17) is 11.6 Å². The Morgan fingerprint density at radius 1 is 1.10 bits per heavy atom. The molecule has 0 spiro atoms. The minimum absolute atomic E-state index is 0.537.